The van der Waals surface area contributed by atoms with Crippen LogP contribution in [-0.2, 0) is 9.53 Å². The van der Waals surface area contributed by atoms with E-state index >= 15 is 0 Å². The molecule has 0 bridgehead atoms. The van der Waals surface area contributed by atoms with Crippen LogP contribution in [0.5, 0.6) is 0 Å². The Labute approximate surface area is 85.4 Å². The molecule has 1 fully saturated rings. The Morgan fingerprint density at radius 3 is 2.64 bits per heavy atom. The summed E-state index contributed by atoms with van der Waals surface area (Å²) < 4.78 is 4.78. The van der Waals surface area contributed by atoms with E-state index in [1.807, 2.05) is 0 Å². The van der Waals surface area contributed by atoms with Gasteiger partial charge < -0.3 is 10.1 Å². The van der Waals surface area contributed by atoms with Crippen molar-refractivity contribution < 1.29 is 9.53 Å². The number of rotatable bonds is 5. The van der Waals surface area contributed by atoms with Crippen LogP contribution in [0.1, 0.15) is 20.3 Å². The van der Waals surface area contributed by atoms with Gasteiger partial charge >= 0.3 is 5.97 Å². The van der Waals surface area contributed by atoms with Crippen LogP contribution in [0.4, 0.5) is 0 Å². The molecule has 0 aromatic carbocycles. The van der Waals surface area contributed by atoms with Gasteiger partial charge in [0.1, 0.15) is 6.04 Å². The third-order valence-electron chi connectivity index (χ3n) is 2.86. The number of carbonyl (C=O) groups excluding carboxylic acids is 1. The third-order valence-corrected chi connectivity index (χ3v) is 2.86. The molecular formula is C10H20N2O2. The molecule has 1 aliphatic rings. The van der Waals surface area contributed by atoms with Crippen molar-refractivity contribution in [3.8, 4) is 0 Å². The SMILES string of the molecule is CCC(C)C(NC1CNC1)C(=O)OC. The van der Waals surface area contributed by atoms with Crippen LogP contribution in [0.2, 0.25) is 0 Å². The molecule has 0 aromatic heterocycles. The first-order chi connectivity index (χ1) is 6.69. The van der Waals surface area contributed by atoms with Crippen molar-refractivity contribution in [1.82, 2.24) is 10.6 Å². The van der Waals surface area contributed by atoms with Crippen molar-refractivity contribution >= 4 is 5.97 Å². The molecule has 1 aliphatic heterocycles. The Balaban J connectivity index is 2.46. The highest BCUT2D eigenvalue weighted by Crippen LogP contribution is 2.10. The van der Waals surface area contributed by atoms with Crippen molar-refractivity contribution in [2.24, 2.45) is 5.92 Å². The first-order valence-corrected chi connectivity index (χ1v) is 5.23. The second-order valence-corrected chi connectivity index (χ2v) is 3.91. The van der Waals surface area contributed by atoms with Gasteiger partial charge in [-0.15, -0.1) is 0 Å². The maximum atomic E-state index is 11.5. The van der Waals surface area contributed by atoms with Gasteiger partial charge in [-0.3, -0.25) is 10.1 Å². The van der Waals surface area contributed by atoms with Gasteiger partial charge in [-0.2, -0.15) is 0 Å². The second kappa shape index (κ2) is 5.32. The van der Waals surface area contributed by atoms with Crippen LogP contribution in [0.25, 0.3) is 0 Å². The molecule has 1 heterocycles. The molecule has 0 aliphatic carbocycles. The van der Waals surface area contributed by atoms with Gasteiger partial charge in [0.15, 0.2) is 0 Å². The van der Waals surface area contributed by atoms with Crippen molar-refractivity contribution in [1.29, 1.82) is 0 Å². The number of esters is 1. The average Bonchev–Trinajstić information content (AvgIpc) is 2.14. The largest absolute Gasteiger partial charge is 0.468 e. The Morgan fingerprint density at radius 1 is 1.64 bits per heavy atom. The van der Waals surface area contributed by atoms with E-state index < -0.39 is 0 Å². The van der Waals surface area contributed by atoms with Crippen molar-refractivity contribution in [3.05, 3.63) is 0 Å². The zero-order valence-electron chi connectivity index (χ0n) is 9.17. The fourth-order valence-electron chi connectivity index (χ4n) is 1.49. The maximum absolute atomic E-state index is 11.5. The normalized spacial score (nSPS) is 21.1. The van der Waals surface area contributed by atoms with E-state index in [1.165, 1.54) is 7.11 Å². The summed E-state index contributed by atoms with van der Waals surface area (Å²) in [6, 6.07) is 0.269. The monoisotopic (exact) mass is 200 g/mol. The molecule has 4 nitrogen and oxygen atoms in total. The van der Waals surface area contributed by atoms with Crippen molar-refractivity contribution in [2.75, 3.05) is 20.2 Å². The van der Waals surface area contributed by atoms with E-state index in [0.29, 0.717) is 12.0 Å². The van der Waals surface area contributed by atoms with Crippen LogP contribution in [0, 0.1) is 5.92 Å². The number of methoxy groups -OCH3 is 1. The Kier molecular flexibility index (Phi) is 4.35. The summed E-state index contributed by atoms with van der Waals surface area (Å²) >= 11 is 0. The lowest BCUT2D eigenvalue weighted by atomic mass is 9.97. The molecule has 0 amide bonds. The number of hydrogen-bond acceptors (Lipinski definition) is 4. The summed E-state index contributed by atoms with van der Waals surface area (Å²) in [4.78, 5) is 11.5. The summed E-state index contributed by atoms with van der Waals surface area (Å²) in [5.74, 6) is 0.175. The molecular weight excluding hydrogens is 180 g/mol. The maximum Gasteiger partial charge on any atom is 0.323 e. The van der Waals surface area contributed by atoms with E-state index in [2.05, 4.69) is 24.5 Å². The predicted molar refractivity (Wildman–Crippen MR) is 55.1 cm³/mol. The highest BCUT2D eigenvalue weighted by atomic mass is 16.5. The molecule has 0 spiro atoms. The Bertz CT molecular complexity index is 193. The van der Waals surface area contributed by atoms with Gasteiger partial charge in [0.2, 0.25) is 0 Å². The molecule has 2 atom stereocenters. The highest BCUT2D eigenvalue weighted by Gasteiger charge is 2.29. The lowest BCUT2D eigenvalue weighted by Crippen LogP contribution is -2.60. The molecule has 0 saturated carbocycles. The molecule has 82 valence electrons. The third kappa shape index (κ3) is 2.69. The van der Waals surface area contributed by atoms with Gasteiger partial charge in [-0.1, -0.05) is 20.3 Å². The fourth-order valence-corrected chi connectivity index (χ4v) is 1.49. The summed E-state index contributed by atoms with van der Waals surface area (Å²) in [5.41, 5.74) is 0. The van der Waals surface area contributed by atoms with Crippen LogP contribution < -0.4 is 10.6 Å². The van der Waals surface area contributed by atoms with Gasteiger partial charge in [-0.05, 0) is 5.92 Å². The van der Waals surface area contributed by atoms with E-state index in [0.717, 1.165) is 19.5 Å². The molecule has 1 rings (SSSR count). The average molecular weight is 200 g/mol. The number of ether oxygens (including phenoxy) is 1. The molecule has 0 aromatic rings. The second-order valence-electron chi connectivity index (χ2n) is 3.91. The molecule has 1 saturated heterocycles. The minimum absolute atomic E-state index is 0.147. The van der Waals surface area contributed by atoms with Crippen LogP contribution >= 0.6 is 0 Å². The van der Waals surface area contributed by atoms with E-state index in [4.69, 9.17) is 4.74 Å². The minimum atomic E-state index is -0.155. The lowest BCUT2D eigenvalue weighted by molar-refractivity contribution is -0.144. The molecule has 4 heteroatoms. The minimum Gasteiger partial charge on any atom is -0.468 e. The van der Waals surface area contributed by atoms with E-state index in [9.17, 15) is 4.79 Å². The first-order valence-electron chi connectivity index (χ1n) is 5.23. The summed E-state index contributed by atoms with van der Waals surface area (Å²) in [6.07, 6.45) is 0.979. The van der Waals surface area contributed by atoms with Gasteiger partial charge in [0.05, 0.1) is 7.11 Å². The number of hydrogen-bond donors (Lipinski definition) is 2. The van der Waals surface area contributed by atoms with Gasteiger partial charge in [0, 0.05) is 19.1 Å². The fraction of sp³-hybridized carbons (Fsp3) is 0.900. The van der Waals surface area contributed by atoms with Crippen molar-refractivity contribution in [3.63, 3.8) is 0 Å². The van der Waals surface area contributed by atoms with Crippen LogP contribution in [-0.4, -0.2) is 38.3 Å². The summed E-state index contributed by atoms with van der Waals surface area (Å²) in [5, 5.41) is 6.48. The highest BCUT2D eigenvalue weighted by molar-refractivity contribution is 5.76. The quantitative estimate of drug-likeness (QED) is 0.620. The summed E-state index contributed by atoms with van der Waals surface area (Å²) in [6.45, 7) is 6.05. The standard InChI is InChI=1S/C10H20N2O2/c1-4-7(2)9(10(13)14-3)12-8-5-11-6-8/h7-9,11-12H,4-6H2,1-3H3. The summed E-state index contributed by atoms with van der Waals surface area (Å²) in [7, 11) is 1.44. The van der Waals surface area contributed by atoms with E-state index in [-0.39, 0.29) is 12.0 Å². The van der Waals surface area contributed by atoms with Gasteiger partial charge in [0.25, 0.3) is 0 Å². The van der Waals surface area contributed by atoms with E-state index in [1.54, 1.807) is 0 Å². The Morgan fingerprint density at radius 2 is 2.29 bits per heavy atom. The molecule has 0 radical (unpaired) electrons. The van der Waals surface area contributed by atoms with Crippen LogP contribution in [0.3, 0.4) is 0 Å². The zero-order chi connectivity index (χ0) is 10.6. The van der Waals surface area contributed by atoms with Crippen LogP contribution in [0.15, 0.2) is 0 Å². The number of nitrogens with one attached hydrogen (secondary N) is 2. The molecule has 14 heavy (non-hydrogen) atoms. The predicted octanol–water partition coefficient (Wildman–Crippen LogP) is 0.136. The lowest BCUT2D eigenvalue weighted by Gasteiger charge is -2.33. The molecule has 2 N–H and O–H groups in total. The molecule has 2 unspecified atom stereocenters. The first kappa shape index (κ1) is 11.5. The van der Waals surface area contributed by atoms with Gasteiger partial charge in [-0.25, -0.2) is 0 Å². The zero-order valence-corrected chi connectivity index (χ0v) is 9.17. The number of carbonyl (C=O) groups is 1. The topological polar surface area (TPSA) is 50.4 Å². The van der Waals surface area contributed by atoms with Crippen molar-refractivity contribution in [2.45, 2.75) is 32.4 Å². The Hall–Kier alpha value is -0.610. The smallest absolute Gasteiger partial charge is 0.323 e.